The summed E-state index contributed by atoms with van der Waals surface area (Å²) in [6.45, 7) is 3.02. The van der Waals surface area contributed by atoms with E-state index in [1.807, 2.05) is 0 Å². The fourth-order valence-corrected chi connectivity index (χ4v) is 1.38. The first-order valence-corrected chi connectivity index (χ1v) is 4.34. The number of carbonyl (C=O) groups excluding carboxylic acids is 1. The van der Waals surface area contributed by atoms with Crippen molar-refractivity contribution in [2.75, 3.05) is 13.1 Å². The Morgan fingerprint density at radius 1 is 1.31 bits per heavy atom. The Morgan fingerprint density at radius 3 is 2.31 bits per heavy atom. The summed E-state index contributed by atoms with van der Waals surface area (Å²) in [5.41, 5.74) is 0. The number of nitrogens with zero attached hydrogens (tertiary/aromatic N) is 1. The first-order chi connectivity index (χ1) is 5.70. The summed E-state index contributed by atoms with van der Waals surface area (Å²) in [6, 6.07) is 0. The van der Waals surface area contributed by atoms with Crippen molar-refractivity contribution in [3.8, 4) is 0 Å². The minimum absolute atomic E-state index is 0. The maximum Gasteiger partial charge on any atom is 1.00 e. The van der Waals surface area contributed by atoms with Crippen molar-refractivity contribution >= 4 is 5.91 Å². The van der Waals surface area contributed by atoms with Crippen LogP contribution < -0.4 is 34.7 Å². The predicted molar refractivity (Wildman–Crippen MR) is 44.2 cm³/mol. The molecule has 0 aromatic rings. The van der Waals surface area contributed by atoms with Crippen molar-refractivity contribution in [1.29, 1.82) is 0 Å². The van der Waals surface area contributed by atoms with Crippen LogP contribution in [0, 0.1) is 0 Å². The number of hydrogen-bond acceptors (Lipinski definition) is 2. The maximum atomic E-state index is 11.3. The molecule has 13 heavy (non-hydrogen) atoms. The van der Waals surface area contributed by atoms with Gasteiger partial charge in [0.1, 0.15) is 0 Å². The molecule has 0 radical (unpaired) electrons. The van der Waals surface area contributed by atoms with Crippen LogP contribution in [-0.2, 0) is 4.79 Å². The van der Waals surface area contributed by atoms with Crippen LogP contribution in [0.5, 0.6) is 0 Å². The fourth-order valence-electron chi connectivity index (χ4n) is 1.38. The van der Waals surface area contributed by atoms with E-state index in [0.29, 0.717) is 0 Å². The number of hydrogen-bond donors (Lipinski definition) is 0. The van der Waals surface area contributed by atoms with Gasteiger partial charge in [0.2, 0.25) is 5.91 Å². The van der Waals surface area contributed by atoms with Crippen LogP contribution in [0.2, 0.25) is 0 Å². The number of amides is 1. The number of piperidine rings is 1. The van der Waals surface area contributed by atoms with Crippen LogP contribution in [0.15, 0.2) is 11.8 Å². The summed E-state index contributed by atoms with van der Waals surface area (Å²) in [5.74, 6) is -0.284. The summed E-state index contributed by atoms with van der Waals surface area (Å²) >= 11 is 0. The van der Waals surface area contributed by atoms with Crippen molar-refractivity contribution in [3.63, 3.8) is 0 Å². The molecule has 1 fully saturated rings. The monoisotopic (exact) mass is 191 g/mol. The van der Waals surface area contributed by atoms with E-state index in [1.54, 1.807) is 4.90 Å². The van der Waals surface area contributed by atoms with Gasteiger partial charge >= 0.3 is 29.6 Å². The molecule has 0 saturated carbocycles. The van der Waals surface area contributed by atoms with Gasteiger partial charge in [0.25, 0.3) is 0 Å². The Morgan fingerprint density at radius 2 is 1.85 bits per heavy atom. The van der Waals surface area contributed by atoms with E-state index in [9.17, 15) is 9.90 Å². The smallest absolute Gasteiger partial charge is 0.875 e. The zero-order valence-corrected chi connectivity index (χ0v) is 10.4. The third kappa shape index (κ3) is 4.69. The Hall–Kier alpha value is 0.0100. The van der Waals surface area contributed by atoms with Gasteiger partial charge in [-0.05, 0) is 25.3 Å². The van der Waals surface area contributed by atoms with E-state index in [4.69, 9.17) is 0 Å². The molecule has 1 saturated heterocycles. The normalized spacial score (nSPS) is 17.9. The minimum Gasteiger partial charge on any atom is -0.875 e. The molecule has 0 atom stereocenters. The van der Waals surface area contributed by atoms with E-state index >= 15 is 0 Å². The quantitative estimate of drug-likeness (QED) is 0.256. The van der Waals surface area contributed by atoms with Gasteiger partial charge in [0.15, 0.2) is 0 Å². The average Bonchev–Trinajstić information content (AvgIpc) is 2.05. The second-order valence-corrected chi connectivity index (χ2v) is 3.14. The van der Waals surface area contributed by atoms with Gasteiger partial charge in [-0.25, -0.2) is 0 Å². The second-order valence-electron chi connectivity index (χ2n) is 3.14. The molecular formula is C9H14NNaO2. The molecule has 1 amide bonds. The molecule has 0 aromatic carbocycles. The van der Waals surface area contributed by atoms with Crippen LogP contribution in [0.1, 0.15) is 26.2 Å². The molecule has 68 valence electrons. The Balaban J connectivity index is 0.00000144. The average molecular weight is 191 g/mol. The fraction of sp³-hybridized carbons (Fsp3) is 0.667. The number of carbonyl (C=O) groups is 1. The Kier molecular flexibility index (Phi) is 6.47. The van der Waals surface area contributed by atoms with E-state index < -0.39 is 0 Å². The van der Waals surface area contributed by atoms with Crippen LogP contribution in [0.25, 0.3) is 0 Å². The molecule has 4 heteroatoms. The third-order valence-corrected chi connectivity index (χ3v) is 1.99. The van der Waals surface area contributed by atoms with E-state index in [1.165, 1.54) is 19.4 Å². The van der Waals surface area contributed by atoms with Gasteiger partial charge < -0.3 is 10.0 Å². The van der Waals surface area contributed by atoms with Gasteiger partial charge in [-0.1, -0.05) is 6.92 Å². The molecule has 1 aliphatic rings. The second kappa shape index (κ2) is 6.46. The number of rotatable bonds is 1. The molecule has 0 spiro atoms. The van der Waals surface area contributed by atoms with Gasteiger partial charge in [-0.3, -0.25) is 4.79 Å². The standard InChI is InChI=1S/C9H15NO2.Na/c1-8(11)7-9(12)10-5-3-2-4-6-10;/h7,11H,2-6H2,1H3;/q;+1/p-1/b8-7+;. The van der Waals surface area contributed by atoms with Crippen LogP contribution in [0.4, 0.5) is 0 Å². The third-order valence-electron chi connectivity index (χ3n) is 1.99. The van der Waals surface area contributed by atoms with E-state index in [-0.39, 0.29) is 41.2 Å². The zero-order chi connectivity index (χ0) is 8.97. The molecular weight excluding hydrogens is 177 g/mol. The van der Waals surface area contributed by atoms with Gasteiger partial charge in [0.05, 0.1) is 0 Å². The van der Waals surface area contributed by atoms with Crippen LogP contribution >= 0.6 is 0 Å². The van der Waals surface area contributed by atoms with E-state index in [0.717, 1.165) is 25.9 Å². The summed E-state index contributed by atoms with van der Waals surface area (Å²) < 4.78 is 0. The van der Waals surface area contributed by atoms with Crippen molar-refractivity contribution in [2.24, 2.45) is 0 Å². The van der Waals surface area contributed by atoms with Crippen LogP contribution in [-0.4, -0.2) is 23.9 Å². The number of allylic oxidation sites excluding steroid dienone is 1. The molecule has 1 heterocycles. The van der Waals surface area contributed by atoms with Crippen molar-refractivity contribution < 1.29 is 39.5 Å². The molecule has 1 rings (SSSR count). The summed E-state index contributed by atoms with van der Waals surface area (Å²) in [7, 11) is 0. The largest absolute Gasteiger partial charge is 1.00 e. The Labute approximate surface area is 101 Å². The number of likely N-dealkylation sites (tertiary alicyclic amines) is 1. The predicted octanol–water partition coefficient (Wildman–Crippen LogP) is -2.73. The molecule has 0 unspecified atom stereocenters. The summed E-state index contributed by atoms with van der Waals surface area (Å²) in [6.07, 6.45) is 4.50. The summed E-state index contributed by atoms with van der Waals surface area (Å²) in [4.78, 5) is 13.0. The van der Waals surface area contributed by atoms with Gasteiger partial charge in [-0.15, -0.1) is 5.76 Å². The van der Waals surface area contributed by atoms with Crippen molar-refractivity contribution in [2.45, 2.75) is 26.2 Å². The SMILES string of the molecule is C/C([O-])=C\C(=O)N1CCCCC1.[Na+]. The zero-order valence-electron chi connectivity index (χ0n) is 8.38. The van der Waals surface area contributed by atoms with Crippen molar-refractivity contribution in [3.05, 3.63) is 11.8 Å². The maximum absolute atomic E-state index is 11.3. The topological polar surface area (TPSA) is 43.4 Å². The molecule has 1 aliphatic heterocycles. The van der Waals surface area contributed by atoms with Gasteiger partial charge in [0, 0.05) is 13.1 Å². The minimum atomic E-state index is -0.162. The molecule has 3 nitrogen and oxygen atoms in total. The molecule has 0 bridgehead atoms. The first-order valence-electron chi connectivity index (χ1n) is 4.34. The molecule has 0 N–H and O–H groups in total. The summed E-state index contributed by atoms with van der Waals surface area (Å²) in [5, 5.41) is 10.6. The van der Waals surface area contributed by atoms with Crippen molar-refractivity contribution in [1.82, 2.24) is 4.90 Å². The van der Waals surface area contributed by atoms with E-state index in [2.05, 4.69) is 0 Å². The van der Waals surface area contributed by atoms with Crippen LogP contribution in [0.3, 0.4) is 0 Å². The van der Waals surface area contributed by atoms with Gasteiger partial charge in [-0.2, -0.15) is 0 Å². The molecule has 0 aromatic heterocycles. The first kappa shape index (κ1) is 13.0. The Bertz CT molecular complexity index is 194. The molecule has 0 aliphatic carbocycles.